The fraction of sp³-hybridized carbons (Fsp3) is 0.913. The van der Waals surface area contributed by atoms with Crippen LogP contribution in [0.5, 0.6) is 0 Å². The molecular formula is C23H38F2O5. The van der Waals surface area contributed by atoms with E-state index in [1.54, 1.807) is 0 Å². The lowest BCUT2D eigenvalue weighted by Crippen LogP contribution is -2.55. The summed E-state index contributed by atoms with van der Waals surface area (Å²) in [6, 6.07) is 0. The second kappa shape index (κ2) is 11.0. The average Bonchev–Trinajstić information content (AvgIpc) is 2.96. The van der Waals surface area contributed by atoms with E-state index in [4.69, 9.17) is 9.47 Å². The number of fused-ring (bicyclic) bond motifs is 1. The number of hydrogen-bond acceptors (Lipinski definition) is 5. The minimum absolute atomic E-state index is 0.0617. The molecule has 2 rings (SSSR count). The number of halogens is 2. The molecule has 1 saturated heterocycles. The SMILES string of the molecule is CCCCC(F)(F)C1(O)CC[C@H]2[C@@H](CC(=O)[C@@H]2CCCCCCC(=O)OC(C)C)O1. The molecule has 7 heteroatoms. The van der Waals surface area contributed by atoms with Crippen LogP contribution in [0.2, 0.25) is 0 Å². The molecule has 174 valence electrons. The molecule has 5 nitrogen and oxygen atoms in total. The van der Waals surface area contributed by atoms with Gasteiger partial charge >= 0.3 is 11.9 Å². The Morgan fingerprint density at radius 2 is 1.97 bits per heavy atom. The summed E-state index contributed by atoms with van der Waals surface area (Å²) in [6.07, 6.45) is 4.75. The van der Waals surface area contributed by atoms with Gasteiger partial charge in [-0.25, -0.2) is 8.78 Å². The van der Waals surface area contributed by atoms with Gasteiger partial charge in [0.15, 0.2) is 0 Å². The van der Waals surface area contributed by atoms with Gasteiger partial charge in [-0.05, 0) is 45.4 Å². The van der Waals surface area contributed by atoms with Crippen molar-refractivity contribution in [2.24, 2.45) is 11.8 Å². The van der Waals surface area contributed by atoms with Crippen molar-refractivity contribution < 1.29 is 33.0 Å². The minimum atomic E-state index is -3.30. The van der Waals surface area contributed by atoms with E-state index >= 15 is 0 Å². The normalized spacial score (nSPS) is 29.3. The Morgan fingerprint density at radius 1 is 1.27 bits per heavy atom. The first-order chi connectivity index (χ1) is 14.1. The van der Waals surface area contributed by atoms with Gasteiger partial charge in [0, 0.05) is 31.6 Å². The summed E-state index contributed by atoms with van der Waals surface area (Å²) < 4.78 is 39.6. The van der Waals surface area contributed by atoms with Crippen LogP contribution in [-0.2, 0) is 19.1 Å². The number of Topliss-reactive ketones (excluding diaryl/α,β-unsaturated/α-hetero) is 1. The standard InChI is InChI=1S/C23H38F2O5/c1-4-5-13-22(24,25)23(28)14-12-18-17(19(26)15-20(18)30-23)10-8-6-7-9-11-21(27)29-16(2)3/h16-18,20,28H,4-15H2,1-3H3/t17-,18-,20-,23?/m1/s1. The van der Waals surface area contributed by atoms with Crippen LogP contribution in [0, 0.1) is 11.8 Å². The molecular weight excluding hydrogens is 394 g/mol. The van der Waals surface area contributed by atoms with Gasteiger partial charge < -0.3 is 14.6 Å². The van der Waals surface area contributed by atoms with Crippen molar-refractivity contribution in [1.82, 2.24) is 0 Å². The Kier molecular flexibility index (Phi) is 9.22. The molecule has 1 saturated carbocycles. The first-order valence-corrected chi connectivity index (χ1v) is 11.6. The Hall–Kier alpha value is -1.08. The van der Waals surface area contributed by atoms with Gasteiger partial charge in [0.05, 0.1) is 12.2 Å². The lowest BCUT2D eigenvalue weighted by molar-refractivity contribution is -0.356. The number of carbonyl (C=O) groups excluding carboxylic acids is 2. The second-order valence-electron chi connectivity index (χ2n) is 9.22. The van der Waals surface area contributed by atoms with Crippen LogP contribution in [0.3, 0.4) is 0 Å². The summed E-state index contributed by atoms with van der Waals surface area (Å²) in [6.45, 7) is 5.48. The van der Waals surface area contributed by atoms with Gasteiger partial charge in [-0.15, -0.1) is 0 Å². The van der Waals surface area contributed by atoms with Gasteiger partial charge in [-0.2, -0.15) is 0 Å². The molecule has 0 bridgehead atoms. The van der Waals surface area contributed by atoms with Crippen molar-refractivity contribution in [3.63, 3.8) is 0 Å². The predicted molar refractivity (Wildman–Crippen MR) is 109 cm³/mol. The number of ketones is 1. The molecule has 0 amide bonds. The van der Waals surface area contributed by atoms with E-state index in [0.29, 0.717) is 32.1 Å². The maximum Gasteiger partial charge on any atom is 0.306 e. The van der Waals surface area contributed by atoms with Crippen molar-refractivity contribution in [2.75, 3.05) is 0 Å². The molecule has 1 unspecified atom stereocenters. The Bertz CT molecular complexity index is 580. The fourth-order valence-corrected chi connectivity index (χ4v) is 4.73. The quantitative estimate of drug-likeness (QED) is 0.340. The topological polar surface area (TPSA) is 72.8 Å². The van der Waals surface area contributed by atoms with E-state index in [9.17, 15) is 23.5 Å². The van der Waals surface area contributed by atoms with E-state index in [1.165, 1.54) is 0 Å². The third-order valence-corrected chi connectivity index (χ3v) is 6.40. The molecule has 0 aromatic rings. The molecule has 1 heterocycles. The van der Waals surface area contributed by atoms with Crippen LogP contribution >= 0.6 is 0 Å². The number of aliphatic hydroxyl groups is 1. The van der Waals surface area contributed by atoms with E-state index in [1.807, 2.05) is 20.8 Å². The van der Waals surface area contributed by atoms with Gasteiger partial charge in [0.25, 0.3) is 0 Å². The number of hydrogen-bond donors (Lipinski definition) is 1. The van der Waals surface area contributed by atoms with E-state index in [0.717, 1.165) is 25.7 Å². The molecule has 1 N–H and O–H groups in total. The highest BCUT2D eigenvalue weighted by Gasteiger charge is 2.59. The molecule has 2 fully saturated rings. The molecule has 1 aliphatic carbocycles. The largest absolute Gasteiger partial charge is 0.463 e. The fourth-order valence-electron chi connectivity index (χ4n) is 4.73. The third-order valence-electron chi connectivity index (χ3n) is 6.40. The molecule has 1 aliphatic heterocycles. The molecule has 0 radical (unpaired) electrons. The van der Waals surface area contributed by atoms with Crippen LogP contribution in [0.4, 0.5) is 8.78 Å². The highest BCUT2D eigenvalue weighted by atomic mass is 19.3. The molecule has 4 atom stereocenters. The Labute approximate surface area is 178 Å². The smallest absolute Gasteiger partial charge is 0.306 e. The minimum Gasteiger partial charge on any atom is -0.463 e. The number of carbonyl (C=O) groups is 2. The van der Waals surface area contributed by atoms with Crippen molar-refractivity contribution in [1.29, 1.82) is 0 Å². The zero-order chi connectivity index (χ0) is 22.4. The van der Waals surface area contributed by atoms with Crippen molar-refractivity contribution >= 4 is 11.8 Å². The molecule has 0 spiro atoms. The van der Waals surface area contributed by atoms with E-state index < -0.39 is 24.2 Å². The van der Waals surface area contributed by atoms with E-state index in [2.05, 4.69) is 0 Å². The van der Waals surface area contributed by atoms with Crippen LogP contribution in [0.15, 0.2) is 0 Å². The first kappa shape index (κ1) is 25.2. The number of rotatable bonds is 12. The average molecular weight is 433 g/mol. The second-order valence-corrected chi connectivity index (χ2v) is 9.22. The maximum absolute atomic E-state index is 14.5. The molecule has 2 aliphatic rings. The van der Waals surface area contributed by atoms with Crippen LogP contribution in [0.1, 0.15) is 97.8 Å². The number of alkyl halides is 2. The Morgan fingerprint density at radius 3 is 2.63 bits per heavy atom. The predicted octanol–water partition coefficient (Wildman–Crippen LogP) is 5.18. The highest BCUT2D eigenvalue weighted by molar-refractivity contribution is 5.84. The first-order valence-electron chi connectivity index (χ1n) is 11.6. The number of unbranched alkanes of at least 4 members (excludes halogenated alkanes) is 4. The van der Waals surface area contributed by atoms with Crippen LogP contribution in [0.25, 0.3) is 0 Å². The van der Waals surface area contributed by atoms with Crippen molar-refractivity contribution in [3.8, 4) is 0 Å². The summed E-state index contributed by atoms with van der Waals surface area (Å²) in [5, 5.41) is 10.5. The summed E-state index contributed by atoms with van der Waals surface area (Å²) in [7, 11) is 0. The van der Waals surface area contributed by atoms with Crippen molar-refractivity contribution in [3.05, 3.63) is 0 Å². The highest BCUT2D eigenvalue weighted by Crippen LogP contribution is 2.49. The Balaban J connectivity index is 1.76. The molecule has 0 aromatic heterocycles. The van der Waals surface area contributed by atoms with Crippen molar-refractivity contribution in [2.45, 2.75) is 122 Å². The molecule has 30 heavy (non-hydrogen) atoms. The van der Waals surface area contributed by atoms with Gasteiger partial charge in [-0.3, -0.25) is 9.59 Å². The third kappa shape index (κ3) is 6.46. The monoisotopic (exact) mass is 432 g/mol. The summed E-state index contributed by atoms with van der Waals surface area (Å²) in [5.74, 6) is -6.13. The lowest BCUT2D eigenvalue weighted by Gasteiger charge is -2.43. The maximum atomic E-state index is 14.5. The van der Waals surface area contributed by atoms with Gasteiger partial charge in [-0.1, -0.05) is 32.6 Å². The van der Waals surface area contributed by atoms with E-state index in [-0.39, 0.29) is 42.5 Å². The molecule has 0 aromatic carbocycles. The summed E-state index contributed by atoms with van der Waals surface area (Å²) >= 11 is 0. The van der Waals surface area contributed by atoms with Gasteiger partial charge in [0.2, 0.25) is 5.79 Å². The van der Waals surface area contributed by atoms with Crippen LogP contribution in [-0.4, -0.2) is 40.8 Å². The number of ether oxygens (including phenoxy) is 2. The zero-order valence-electron chi connectivity index (χ0n) is 18.6. The number of esters is 1. The lowest BCUT2D eigenvalue weighted by atomic mass is 9.81. The van der Waals surface area contributed by atoms with Gasteiger partial charge in [0.1, 0.15) is 5.78 Å². The summed E-state index contributed by atoms with van der Waals surface area (Å²) in [4.78, 5) is 24.0. The summed E-state index contributed by atoms with van der Waals surface area (Å²) in [5.41, 5.74) is 0. The van der Waals surface area contributed by atoms with Crippen LogP contribution < -0.4 is 0 Å². The zero-order valence-corrected chi connectivity index (χ0v) is 18.6.